The van der Waals surface area contributed by atoms with Crippen LogP contribution in [0, 0.1) is 13.8 Å². The highest BCUT2D eigenvalue weighted by atomic mass is 19.4. The van der Waals surface area contributed by atoms with E-state index in [4.69, 9.17) is 0 Å². The number of halogens is 3. The molecule has 2 aromatic rings. The summed E-state index contributed by atoms with van der Waals surface area (Å²) >= 11 is 0. The van der Waals surface area contributed by atoms with Crippen LogP contribution >= 0.6 is 0 Å². The summed E-state index contributed by atoms with van der Waals surface area (Å²) in [5.41, 5.74) is 2.25. The van der Waals surface area contributed by atoms with E-state index >= 15 is 0 Å². The van der Waals surface area contributed by atoms with Gasteiger partial charge in [0.05, 0.1) is 5.69 Å². The third-order valence-electron chi connectivity index (χ3n) is 3.43. The van der Waals surface area contributed by atoms with E-state index in [0.29, 0.717) is 19.5 Å². The Labute approximate surface area is 143 Å². The topological polar surface area (TPSA) is 56.2 Å². The monoisotopic (exact) mass is 355 g/mol. The van der Waals surface area contributed by atoms with Gasteiger partial charge in [0.15, 0.2) is 6.61 Å². The van der Waals surface area contributed by atoms with Crippen molar-refractivity contribution < 1.29 is 22.7 Å². The molecule has 0 saturated heterocycles. The molecule has 1 N–H and O–H groups in total. The Morgan fingerprint density at radius 2 is 2.04 bits per heavy atom. The first-order valence-electron chi connectivity index (χ1n) is 7.83. The van der Waals surface area contributed by atoms with Crippen LogP contribution < -0.4 is 10.1 Å². The Hall–Kier alpha value is -2.51. The van der Waals surface area contributed by atoms with Crippen molar-refractivity contribution in [2.24, 2.45) is 0 Å². The van der Waals surface area contributed by atoms with Crippen LogP contribution in [0.25, 0.3) is 0 Å². The average molecular weight is 355 g/mol. The van der Waals surface area contributed by atoms with E-state index in [-0.39, 0.29) is 17.2 Å². The number of hydrogen-bond donors (Lipinski definition) is 1. The predicted molar refractivity (Wildman–Crippen MR) is 86.6 cm³/mol. The van der Waals surface area contributed by atoms with Gasteiger partial charge < -0.3 is 10.1 Å². The van der Waals surface area contributed by atoms with Gasteiger partial charge in [0.2, 0.25) is 0 Å². The Morgan fingerprint density at radius 3 is 2.68 bits per heavy atom. The van der Waals surface area contributed by atoms with Gasteiger partial charge in [-0.15, -0.1) is 0 Å². The fourth-order valence-electron chi connectivity index (χ4n) is 2.33. The molecule has 0 aliphatic heterocycles. The number of aryl methyl sites for hydroxylation is 3. The minimum Gasteiger partial charge on any atom is -0.484 e. The molecule has 25 heavy (non-hydrogen) atoms. The molecule has 0 aliphatic rings. The second kappa shape index (κ2) is 8.04. The van der Waals surface area contributed by atoms with Crippen LogP contribution in [0.3, 0.4) is 0 Å². The molecule has 1 heterocycles. The summed E-state index contributed by atoms with van der Waals surface area (Å²) in [5.74, 6) is -0.349. The van der Waals surface area contributed by atoms with E-state index in [0.717, 1.165) is 11.4 Å². The van der Waals surface area contributed by atoms with Crippen molar-refractivity contribution >= 4 is 5.91 Å². The lowest BCUT2D eigenvalue weighted by Gasteiger charge is -2.10. The standard InChI is InChI=1S/C17H20F3N3O2/c1-12-9-13(2)23(22-12)8-4-7-21-16(24)14-5-3-6-15(10-14)25-11-17(18,19)20/h3,5-6,9-10H,4,7-8,11H2,1-2H3,(H,21,24). The first-order valence-corrected chi connectivity index (χ1v) is 7.83. The largest absolute Gasteiger partial charge is 0.484 e. The number of amides is 1. The molecule has 0 fully saturated rings. The summed E-state index contributed by atoms with van der Waals surface area (Å²) in [4.78, 5) is 12.1. The van der Waals surface area contributed by atoms with Gasteiger partial charge in [-0.2, -0.15) is 18.3 Å². The summed E-state index contributed by atoms with van der Waals surface area (Å²) < 4.78 is 43.0. The number of aromatic nitrogens is 2. The summed E-state index contributed by atoms with van der Waals surface area (Å²) in [6, 6.07) is 7.66. The number of ether oxygens (including phenoxy) is 1. The third kappa shape index (κ3) is 6.13. The molecule has 0 radical (unpaired) electrons. The Bertz CT molecular complexity index is 726. The van der Waals surface area contributed by atoms with Gasteiger partial charge in [0.25, 0.3) is 5.91 Å². The Kier molecular flexibility index (Phi) is 6.06. The van der Waals surface area contributed by atoms with Crippen molar-refractivity contribution in [2.75, 3.05) is 13.2 Å². The van der Waals surface area contributed by atoms with E-state index in [1.54, 1.807) is 0 Å². The SMILES string of the molecule is Cc1cc(C)n(CCCNC(=O)c2cccc(OCC(F)(F)F)c2)n1. The van der Waals surface area contributed by atoms with E-state index in [1.165, 1.54) is 24.3 Å². The lowest BCUT2D eigenvalue weighted by molar-refractivity contribution is -0.153. The molecular formula is C17H20F3N3O2. The second-order valence-electron chi connectivity index (χ2n) is 5.69. The number of nitrogens with zero attached hydrogens (tertiary/aromatic N) is 2. The predicted octanol–water partition coefficient (Wildman–Crippen LogP) is 3.26. The van der Waals surface area contributed by atoms with Crippen molar-refractivity contribution in [1.29, 1.82) is 0 Å². The quantitative estimate of drug-likeness (QED) is 0.776. The molecule has 0 unspecified atom stereocenters. The number of rotatable bonds is 7. The van der Waals surface area contributed by atoms with E-state index in [9.17, 15) is 18.0 Å². The minimum absolute atomic E-state index is 0.00705. The van der Waals surface area contributed by atoms with Crippen LogP contribution in [0.1, 0.15) is 28.2 Å². The summed E-state index contributed by atoms with van der Waals surface area (Å²) in [6.07, 6.45) is -3.72. The molecule has 0 bridgehead atoms. The molecule has 0 aliphatic carbocycles. The van der Waals surface area contributed by atoms with Gasteiger partial charge in [0, 0.05) is 24.3 Å². The van der Waals surface area contributed by atoms with Crippen molar-refractivity contribution in [3.8, 4) is 5.75 Å². The number of hydrogen-bond acceptors (Lipinski definition) is 3. The fourth-order valence-corrected chi connectivity index (χ4v) is 2.33. The smallest absolute Gasteiger partial charge is 0.422 e. The lowest BCUT2D eigenvalue weighted by Crippen LogP contribution is -2.25. The first kappa shape index (κ1) is 18.8. The number of carbonyl (C=O) groups excluding carboxylic acids is 1. The minimum atomic E-state index is -4.42. The third-order valence-corrected chi connectivity index (χ3v) is 3.43. The van der Waals surface area contributed by atoms with Gasteiger partial charge in [0.1, 0.15) is 5.75 Å². The van der Waals surface area contributed by atoms with Crippen molar-refractivity contribution in [2.45, 2.75) is 33.0 Å². The van der Waals surface area contributed by atoms with Gasteiger partial charge in [-0.1, -0.05) is 6.07 Å². The number of benzene rings is 1. The van der Waals surface area contributed by atoms with Crippen LogP contribution in [0.15, 0.2) is 30.3 Å². The fraction of sp³-hybridized carbons (Fsp3) is 0.412. The molecule has 136 valence electrons. The average Bonchev–Trinajstić information content (AvgIpc) is 2.86. The van der Waals surface area contributed by atoms with Crippen LogP contribution in [0.4, 0.5) is 13.2 Å². The molecule has 1 aromatic carbocycles. The lowest BCUT2D eigenvalue weighted by atomic mass is 10.2. The molecule has 2 rings (SSSR count). The molecular weight excluding hydrogens is 335 g/mol. The van der Waals surface area contributed by atoms with Crippen LogP contribution in [-0.2, 0) is 6.54 Å². The molecule has 5 nitrogen and oxygen atoms in total. The zero-order chi connectivity index (χ0) is 18.4. The molecule has 8 heteroatoms. The zero-order valence-corrected chi connectivity index (χ0v) is 14.1. The summed E-state index contributed by atoms with van der Waals surface area (Å²) in [7, 11) is 0. The maximum atomic E-state index is 12.2. The molecule has 0 saturated carbocycles. The highest BCUT2D eigenvalue weighted by Gasteiger charge is 2.28. The Balaban J connectivity index is 1.81. The molecule has 0 atom stereocenters. The van der Waals surface area contributed by atoms with Crippen molar-refractivity contribution in [3.63, 3.8) is 0 Å². The van der Waals surface area contributed by atoms with Gasteiger partial charge in [-0.05, 0) is 44.5 Å². The summed E-state index contributed by atoms with van der Waals surface area (Å²) in [6.45, 7) is 3.60. The highest BCUT2D eigenvalue weighted by molar-refractivity contribution is 5.94. The second-order valence-corrected chi connectivity index (χ2v) is 5.69. The maximum Gasteiger partial charge on any atom is 0.422 e. The maximum absolute atomic E-state index is 12.2. The molecule has 1 amide bonds. The Morgan fingerprint density at radius 1 is 1.28 bits per heavy atom. The number of carbonyl (C=O) groups is 1. The van der Waals surface area contributed by atoms with Crippen molar-refractivity contribution in [1.82, 2.24) is 15.1 Å². The van der Waals surface area contributed by atoms with Crippen LogP contribution in [0.5, 0.6) is 5.75 Å². The molecule has 1 aromatic heterocycles. The normalized spacial score (nSPS) is 11.4. The van der Waals surface area contributed by atoms with Gasteiger partial charge in [-0.25, -0.2) is 0 Å². The van der Waals surface area contributed by atoms with Gasteiger partial charge >= 0.3 is 6.18 Å². The van der Waals surface area contributed by atoms with Crippen LogP contribution in [0.2, 0.25) is 0 Å². The van der Waals surface area contributed by atoms with Crippen LogP contribution in [-0.4, -0.2) is 35.0 Å². The highest BCUT2D eigenvalue weighted by Crippen LogP contribution is 2.19. The molecule has 0 spiro atoms. The van der Waals surface area contributed by atoms with E-state index in [1.807, 2.05) is 24.6 Å². The zero-order valence-electron chi connectivity index (χ0n) is 14.1. The number of nitrogens with one attached hydrogen (secondary N) is 1. The van der Waals surface area contributed by atoms with Gasteiger partial charge in [-0.3, -0.25) is 9.48 Å². The van der Waals surface area contributed by atoms with Crippen molar-refractivity contribution in [3.05, 3.63) is 47.3 Å². The summed E-state index contributed by atoms with van der Waals surface area (Å²) in [5, 5.41) is 7.07. The van der Waals surface area contributed by atoms with E-state index in [2.05, 4.69) is 15.2 Å². The first-order chi connectivity index (χ1) is 11.7. The van der Waals surface area contributed by atoms with E-state index < -0.39 is 12.8 Å². The number of alkyl halides is 3.